The van der Waals surface area contributed by atoms with Crippen molar-refractivity contribution in [1.82, 2.24) is 5.32 Å². The molecule has 0 fully saturated rings. The molecule has 0 radical (unpaired) electrons. The second-order valence-corrected chi connectivity index (χ2v) is 5.53. The third-order valence-electron chi connectivity index (χ3n) is 3.43. The molecule has 0 aliphatic carbocycles. The van der Waals surface area contributed by atoms with Crippen LogP contribution in [0.4, 0.5) is 0 Å². The number of ether oxygens (including phenoxy) is 2. The van der Waals surface area contributed by atoms with Crippen LogP contribution in [0, 0.1) is 0 Å². The number of benzene rings is 2. The zero-order valence-electron chi connectivity index (χ0n) is 12.0. The van der Waals surface area contributed by atoms with E-state index in [4.69, 9.17) is 21.1 Å². The molecule has 3 rings (SSSR count). The van der Waals surface area contributed by atoms with E-state index in [2.05, 4.69) is 5.32 Å². The molecule has 1 amide bonds. The Balaban J connectivity index is 1.47. The quantitative estimate of drug-likeness (QED) is 0.922. The van der Waals surface area contributed by atoms with Gasteiger partial charge in [-0.05, 0) is 41.8 Å². The van der Waals surface area contributed by atoms with E-state index in [0.29, 0.717) is 18.0 Å². The van der Waals surface area contributed by atoms with Crippen LogP contribution in [0.2, 0.25) is 5.02 Å². The van der Waals surface area contributed by atoms with E-state index in [1.807, 2.05) is 30.3 Å². The van der Waals surface area contributed by atoms with Crippen molar-refractivity contribution in [2.45, 2.75) is 12.8 Å². The average molecular weight is 318 g/mol. The Labute approximate surface area is 134 Å². The summed E-state index contributed by atoms with van der Waals surface area (Å²) >= 11 is 5.91. The van der Waals surface area contributed by atoms with Gasteiger partial charge in [-0.2, -0.15) is 0 Å². The minimum Gasteiger partial charge on any atom is -0.454 e. The Morgan fingerprint density at radius 1 is 1.09 bits per heavy atom. The van der Waals surface area contributed by atoms with E-state index in [0.717, 1.165) is 29.0 Å². The molecule has 1 heterocycles. The number of hydrogen-bond donors (Lipinski definition) is 1. The highest BCUT2D eigenvalue weighted by molar-refractivity contribution is 6.30. The van der Waals surface area contributed by atoms with Crippen LogP contribution in [-0.2, 0) is 17.6 Å². The van der Waals surface area contributed by atoms with Crippen molar-refractivity contribution in [2.24, 2.45) is 0 Å². The van der Waals surface area contributed by atoms with E-state index in [1.54, 1.807) is 12.1 Å². The number of amides is 1. The Morgan fingerprint density at radius 2 is 1.95 bits per heavy atom. The van der Waals surface area contributed by atoms with Gasteiger partial charge in [0.05, 0.1) is 6.42 Å². The molecule has 0 spiro atoms. The highest BCUT2D eigenvalue weighted by Crippen LogP contribution is 2.32. The number of nitrogens with one attached hydrogen (secondary N) is 1. The van der Waals surface area contributed by atoms with Crippen LogP contribution in [0.25, 0.3) is 0 Å². The van der Waals surface area contributed by atoms with E-state index >= 15 is 0 Å². The molecule has 22 heavy (non-hydrogen) atoms. The first kappa shape index (κ1) is 14.7. The molecule has 4 nitrogen and oxygen atoms in total. The number of fused-ring (bicyclic) bond motifs is 1. The summed E-state index contributed by atoms with van der Waals surface area (Å²) in [7, 11) is 0. The molecule has 0 unspecified atom stereocenters. The monoisotopic (exact) mass is 317 g/mol. The van der Waals surface area contributed by atoms with Crippen LogP contribution in [0.5, 0.6) is 11.5 Å². The predicted molar refractivity (Wildman–Crippen MR) is 84.4 cm³/mol. The molecule has 2 aromatic rings. The number of hydrogen-bond acceptors (Lipinski definition) is 3. The first-order valence-corrected chi connectivity index (χ1v) is 7.48. The third-order valence-corrected chi connectivity index (χ3v) is 3.66. The normalized spacial score (nSPS) is 12.2. The van der Waals surface area contributed by atoms with Gasteiger partial charge < -0.3 is 14.8 Å². The molecule has 5 heteroatoms. The largest absolute Gasteiger partial charge is 0.454 e. The molecular weight excluding hydrogens is 302 g/mol. The van der Waals surface area contributed by atoms with Gasteiger partial charge in [0.15, 0.2) is 11.5 Å². The third kappa shape index (κ3) is 3.71. The van der Waals surface area contributed by atoms with Gasteiger partial charge in [0.1, 0.15) is 0 Å². The minimum absolute atomic E-state index is 0.0111. The van der Waals surface area contributed by atoms with Gasteiger partial charge in [-0.15, -0.1) is 0 Å². The first-order valence-electron chi connectivity index (χ1n) is 7.10. The molecule has 0 saturated heterocycles. The topological polar surface area (TPSA) is 47.6 Å². The molecule has 1 aliphatic heterocycles. The van der Waals surface area contributed by atoms with Crippen molar-refractivity contribution in [3.8, 4) is 11.5 Å². The standard InChI is InChI=1S/C17H16ClNO3/c18-14-3-1-2-13(8-14)10-17(20)19-7-6-12-4-5-15-16(9-12)22-11-21-15/h1-5,8-9H,6-7,10-11H2,(H,19,20). The van der Waals surface area contributed by atoms with Crippen molar-refractivity contribution in [1.29, 1.82) is 0 Å². The Morgan fingerprint density at radius 3 is 2.82 bits per heavy atom. The van der Waals surface area contributed by atoms with Crippen molar-refractivity contribution < 1.29 is 14.3 Å². The van der Waals surface area contributed by atoms with Crippen LogP contribution in [-0.4, -0.2) is 19.2 Å². The summed E-state index contributed by atoms with van der Waals surface area (Å²) in [6.07, 6.45) is 1.08. The first-order chi connectivity index (χ1) is 10.7. The molecule has 0 aromatic heterocycles. The summed E-state index contributed by atoms with van der Waals surface area (Å²) in [6, 6.07) is 13.2. The SMILES string of the molecule is O=C(Cc1cccc(Cl)c1)NCCc1ccc2c(c1)OCO2. The van der Waals surface area contributed by atoms with E-state index in [1.165, 1.54) is 0 Å². The molecule has 1 N–H and O–H groups in total. The summed E-state index contributed by atoms with van der Waals surface area (Å²) in [4.78, 5) is 11.9. The molecule has 1 aliphatic rings. The average Bonchev–Trinajstić information content (AvgIpc) is 2.95. The van der Waals surface area contributed by atoms with E-state index < -0.39 is 0 Å². The second kappa shape index (κ2) is 6.71. The lowest BCUT2D eigenvalue weighted by atomic mass is 10.1. The van der Waals surface area contributed by atoms with Crippen LogP contribution in [0.1, 0.15) is 11.1 Å². The van der Waals surface area contributed by atoms with Gasteiger partial charge in [0.25, 0.3) is 0 Å². The van der Waals surface area contributed by atoms with Crippen molar-refractivity contribution in [3.63, 3.8) is 0 Å². The lowest BCUT2D eigenvalue weighted by Crippen LogP contribution is -2.27. The van der Waals surface area contributed by atoms with Gasteiger partial charge in [0.2, 0.25) is 12.7 Å². The number of halogens is 1. The summed E-state index contributed by atoms with van der Waals surface area (Å²) in [6.45, 7) is 0.855. The lowest BCUT2D eigenvalue weighted by Gasteiger charge is -2.06. The fraction of sp³-hybridized carbons (Fsp3) is 0.235. The molecular formula is C17H16ClNO3. The van der Waals surface area contributed by atoms with Gasteiger partial charge in [-0.3, -0.25) is 4.79 Å². The summed E-state index contributed by atoms with van der Waals surface area (Å²) in [5.74, 6) is 1.53. The number of carbonyl (C=O) groups excluding carboxylic acids is 1. The van der Waals surface area contributed by atoms with Crippen LogP contribution < -0.4 is 14.8 Å². The minimum atomic E-state index is -0.0111. The summed E-state index contributed by atoms with van der Waals surface area (Å²) < 4.78 is 10.6. The lowest BCUT2D eigenvalue weighted by molar-refractivity contribution is -0.120. The molecule has 114 valence electrons. The smallest absolute Gasteiger partial charge is 0.231 e. The van der Waals surface area contributed by atoms with Crippen molar-refractivity contribution >= 4 is 17.5 Å². The molecule has 0 bridgehead atoms. The second-order valence-electron chi connectivity index (χ2n) is 5.09. The summed E-state index contributed by atoms with van der Waals surface area (Å²) in [5.41, 5.74) is 2.01. The fourth-order valence-electron chi connectivity index (χ4n) is 2.34. The highest BCUT2D eigenvalue weighted by atomic mass is 35.5. The van der Waals surface area contributed by atoms with Crippen LogP contribution >= 0.6 is 11.6 Å². The zero-order chi connectivity index (χ0) is 15.4. The highest BCUT2D eigenvalue weighted by Gasteiger charge is 2.13. The van der Waals surface area contributed by atoms with Crippen molar-refractivity contribution in [2.75, 3.05) is 13.3 Å². The fourth-order valence-corrected chi connectivity index (χ4v) is 2.55. The van der Waals surface area contributed by atoms with E-state index in [-0.39, 0.29) is 12.7 Å². The predicted octanol–water partition coefficient (Wildman–Crippen LogP) is 2.97. The van der Waals surface area contributed by atoms with Gasteiger partial charge in [-0.25, -0.2) is 0 Å². The van der Waals surface area contributed by atoms with Gasteiger partial charge >= 0.3 is 0 Å². The molecule has 0 atom stereocenters. The Hall–Kier alpha value is -2.20. The van der Waals surface area contributed by atoms with Crippen molar-refractivity contribution in [3.05, 3.63) is 58.6 Å². The van der Waals surface area contributed by atoms with Crippen LogP contribution in [0.15, 0.2) is 42.5 Å². The zero-order valence-corrected chi connectivity index (χ0v) is 12.7. The molecule has 0 saturated carbocycles. The Kier molecular flexibility index (Phi) is 4.49. The summed E-state index contributed by atoms with van der Waals surface area (Å²) in [5, 5.41) is 3.56. The maximum Gasteiger partial charge on any atom is 0.231 e. The van der Waals surface area contributed by atoms with Gasteiger partial charge in [-0.1, -0.05) is 29.8 Å². The van der Waals surface area contributed by atoms with Crippen LogP contribution in [0.3, 0.4) is 0 Å². The van der Waals surface area contributed by atoms with E-state index in [9.17, 15) is 4.79 Å². The maximum atomic E-state index is 11.9. The Bertz CT molecular complexity index is 687. The van der Waals surface area contributed by atoms with Gasteiger partial charge in [0, 0.05) is 11.6 Å². The maximum absolute atomic E-state index is 11.9. The number of rotatable bonds is 5. The number of carbonyl (C=O) groups is 1. The molecule has 2 aromatic carbocycles.